The van der Waals surface area contributed by atoms with E-state index < -0.39 is 5.60 Å². The summed E-state index contributed by atoms with van der Waals surface area (Å²) in [6, 6.07) is 0. The average molecular weight is 278 g/mol. The molecule has 1 aliphatic carbocycles. The smallest absolute Gasteiger partial charge is 0.108 e. The number of aliphatic hydroxyl groups is 1. The van der Waals surface area contributed by atoms with Gasteiger partial charge in [0.1, 0.15) is 5.82 Å². The quantitative estimate of drug-likeness (QED) is 0.891. The molecule has 20 heavy (non-hydrogen) atoms. The second-order valence-electron chi connectivity index (χ2n) is 7.30. The van der Waals surface area contributed by atoms with Gasteiger partial charge in [0.05, 0.1) is 5.60 Å². The fourth-order valence-corrected chi connectivity index (χ4v) is 3.46. The first kappa shape index (κ1) is 15.6. The molecular weight excluding hydrogens is 248 g/mol. The average Bonchev–Trinajstić information content (AvgIpc) is 2.83. The van der Waals surface area contributed by atoms with E-state index in [1.54, 1.807) is 0 Å². The van der Waals surface area contributed by atoms with E-state index in [4.69, 9.17) is 0 Å². The van der Waals surface area contributed by atoms with E-state index >= 15 is 0 Å². The molecule has 1 aromatic rings. The van der Waals surface area contributed by atoms with Crippen molar-refractivity contribution in [3.05, 3.63) is 18.2 Å². The van der Waals surface area contributed by atoms with Crippen molar-refractivity contribution < 1.29 is 5.11 Å². The highest BCUT2D eigenvalue weighted by Crippen LogP contribution is 2.44. The largest absolute Gasteiger partial charge is 0.390 e. The fraction of sp³-hybridized carbons (Fsp3) is 0.824. The van der Waals surface area contributed by atoms with E-state index in [0.29, 0.717) is 5.41 Å². The Morgan fingerprint density at radius 3 is 2.55 bits per heavy atom. The fourth-order valence-electron chi connectivity index (χ4n) is 3.46. The minimum atomic E-state index is -0.466. The maximum atomic E-state index is 10.8. The van der Waals surface area contributed by atoms with Gasteiger partial charge < -0.3 is 9.67 Å². The molecule has 1 aromatic heterocycles. The summed E-state index contributed by atoms with van der Waals surface area (Å²) in [6.07, 6.45) is 11.0. The van der Waals surface area contributed by atoms with Crippen LogP contribution < -0.4 is 0 Å². The van der Waals surface area contributed by atoms with Gasteiger partial charge in [0.15, 0.2) is 0 Å². The summed E-state index contributed by atoms with van der Waals surface area (Å²) < 4.78 is 2.05. The molecule has 0 aliphatic heterocycles. The van der Waals surface area contributed by atoms with Gasteiger partial charge in [0.25, 0.3) is 0 Å². The maximum absolute atomic E-state index is 10.8. The molecule has 114 valence electrons. The summed E-state index contributed by atoms with van der Waals surface area (Å²) in [7, 11) is 2.02. The van der Waals surface area contributed by atoms with Gasteiger partial charge >= 0.3 is 0 Å². The molecule has 0 amide bonds. The third-order valence-electron chi connectivity index (χ3n) is 5.67. The first-order chi connectivity index (χ1) is 9.36. The van der Waals surface area contributed by atoms with Gasteiger partial charge in [-0.15, -0.1) is 0 Å². The molecule has 0 atom stereocenters. The van der Waals surface area contributed by atoms with Gasteiger partial charge in [0.2, 0.25) is 0 Å². The Bertz CT molecular complexity index is 428. The van der Waals surface area contributed by atoms with Crippen LogP contribution in [0.15, 0.2) is 12.4 Å². The standard InChI is InChI=1S/C17H30N2O/c1-5-16(2,3)14-6-9-17(20,10-7-14)11-8-15-18-12-13-19(15)4/h12-14,20H,5-11H2,1-4H3. The van der Waals surface area contributed by atoms with Gasteiger partial charge in [-0.3, -0.25) is 0 Å². The topological polar surface area (TPSA) is 38.1 Å². The van der Waals surface area contributed by atoms with Crippen LogP contribution in [0.5, 0.6) is 0 Å². The zero-order chi connectivity index (χ0) is 14.8. The molecule has 0 radical (unpaired) electrons. The molecule has 0 saturated heterocycles. The Hall–Kier alpha value is -0.830. The predicted octanol–water partition coefficient (Wildman–Crippen LogP) is 3.71. The Labute approximate surface area is 123 Å². The number of aromatic nitrogens is 2. The van der Waals surface area contributed by atoms with Crippen molar-refractivity contribution in [3.63, 3.8) is 0 Å². The van der Waals surface area contributed by atoms with Crippen molar-refractivity contribution in [1.82, 2.24) is 9.55 Å². The number of rotatable bonds is 5. The second kappa shape index (κ2) is 5.88. The van der Waals surface area contributed by atoms with Gasteiger partial charge in [-0.2, -0.15) is 0 Å². The highest BCUT2D eigenvalue weighted by molar-refractivity contribution is 4.96. The van der Waals surface area contributed by atoms with Crippen LogP contribution in [-0.4, -0.2) is 20.3 Å². The number of aryl methyl sites for hydroxylation is 2. The molecule has 3 nitrogen and oxygen atoms in total. The van der Waals surface area contributed by atoms with Gasteiger partial charge in [-0.1, -0.05) is 27.2 Å². The van der Waals surface area contributed by atoms with Crippen LogP contribution in [0.3, 0.4) is 0 Å². The molecule has 1 heterocycles. The van der Waals surface area contributed by atoms with E-state index in [9.17, 15) is 5.11 Å². The lowest BCUT2D eigenvalue weighted by Crippen LogP contribution is -2.38. The van der Waals surface area contributed by atoms with Crippen molar-refractivity contribution in [2.45, 2.75) is 71.3 Å². The number of hydrogen-bond acceptors (Lipinski definition) is 2. The number of imidazole rings is 1. The summed E-state index contributed by atoms with van der Waals surface area (Å²) >= 11 is 0. The van der Waals surface area contributed by atoms with Crippen LogP contribution in [0.25, 0.3) is 0 Å². The van der Waals surface area contributed by atoms with Crippen molar-refractivity contribution in [2.75, 3.05) is 0 Å². The van der Waals surface area contributed by atoms with Crippen molar-refractivity contribution in [3.8, 4) is 0 Å². The minimum Gasteiger partial charge on any atom is -0.390 e. The van der Waals surface area contributed by atoms with E-state index in [0.717, 1.165) is 50.3 Å². The molecule has 1 fully saturated rings. The molecular formula is C17H30N2O. The predicted molar refractivity (Wildman–Crippen MR) is 82.5 cm³/mol. The highest BCUT2D eigenvalue weighted by atomic mass is 16.3. The summed E-state index contributed by atoms with van der Waals surface area (Å²) in [5, 5.41) is 10.8. The summed E-state index contributed by atoms with van der Waals surface area (Å²) in [4.78, 5) is 4.35. The Balaban J connectivity index is 1.87. The van der Waals surface area contributed by atoms with Crippen LogP contribution in [-0.2, 0) is 13.5 Å². The van der Waals surface area contributed by atoms with Crippen LogP contribution in [0, 0.1) is 11.3 Å². The lowest BCUT2D eigenvalue weighted by molar-refractivity contribution is -0.0342. The minimum absolute atomic E-state index is 0.418. The maximum Gasteiger partial charge on any atom is 0.108 e. The van der Waals surface area contributed by atoms with Crippen molar-refractivity contribution in [2.24, 2.45) is 18.4 Å². The summed E-state index contributed by atoms with van der Waals surface area (Å²) in [6.45, 7) is 7.02. The molecule has 1 N–H and O–H groups in total. The Morgan fingerprint density at radius 2 is 2.05 bits per heavy atom. The van der Waals surface area contributed by atoms with Crippen LogP contribution in [0.1, 0.15) is 65.1 Å². The Morgan fingerprint density at radius 1 is 1.40 bits per heavy atom. The van der Waals surface area contributed by atoms with Crippen LogP contribution in [0.2, 0.25) is 0 Å². The lowest BCUT2D eigenvalue weighted by Gasteiger charge is -2.42. The first-order valence-electron chi connectivity index (χ1n) is 8.05. The van der Waals surface area contributed by atoms with Crippen LogP contribution in [0.4, 0.5) is 0 Å². The zero-order valence-electron chi connectivity index (χ0n) is 13.5. The monoisotopic (exact) mass is 278 g/mol. The highest BCUT2D eigenvalue weighted by Gasteiger charge is 2.38. The first-order valence-corrected chi connectivity index (χ1v) is 8.05. The zero-order valence-corrected chi connectivity index (χ0v) is 13.5. The van der Waals surface area contributed by atoms with Crippen LogP contribution >= 0.6 is 0 Å². The molecule has 0 bridgehead atoms. The van der Waals surface area contributed by atoms with E-state index in [1.165, 1.54) is 6.42 Å². The molecule has 0 spiro atoms. The lowest BCUT2D eigenvalue weighted by atomic mass is 9.66. The number of nitrogens with zero attached hydrogens (tertiary/aromatic N) is 2. The molecule has 3 heteroatoms. The SMILES string of the molecule is CCC(C)(C)C1CCC(O)(CCc2nccn2C)CC1. The number of hydrogen-bond donors (Lipinski definition) is 1. The third kappa shape index (κ3) is 3.43. The van der Waals surface area contributed by atoms with E-state index in [2.05, 4.69) is 30.3 Å². The van der Waals surface area contributed by atoms with Crippen molar-refractivity contribution in [1.29, 1.82) is 0 Å². The molecule has 0 aromatic carbocycles. The van der Waals surface area contributed by atoms with Gasteiger partial charge in [-0.25, -0.2) is 4.98 Å². The second-order valence-corrected chi connectivity index (χ2v) is 7.30. The normalized spacial score (nSPS) is 27.8. The van der Waals surface area contributed by atoms with Gasteiger partial charge in [0, 0.05) is 25.9 Å². The summed E-state index contributed by atoms with van der Waals surface area (Å²) in [5.41, 5.74) is -0.0483. The summed E-state index contributed by atoms with van der Waals surface area (Å²) in [5.74, 6) is 1.84. The third-order valence-corrected chi connectivity index (χ3v) is 5.67. The van der Waals surface area contributed by atoms with E-state index in [-0.39, 0.29) is 0 Å². The molecule has 2 rings (SSSR count). The van der Waals surface area contributed by atoms with E-state index in [1.807, 2.05) is 19.4 Å². The van der Waals surface area contributed by atoms with Gasteiger partial charge in [-0.05, 0) is 43.4 Å². The Kier molecular flexibility index (Phi) is 4.58. The molecule has 0 unspecified atom stereocenters. The molecule has 1 aliphatic rings. The van der Waals surface area contributed by atoms with Crippen molar-refractivity contribution >= 4 is 0 Å². The molecule has 1 saturated carbocycles.